The van der Waals surface area contributed by atoms with E-state index in [0.717, 1.165) is 30.0 Å². The van der Waals surface area contributed by atoms with Crippen LogP contribution < -0.4 is 5.32 Å². The molecule has 1 amide bonds. The molecule has 2 heterocycles. The van der Waals surface area contributed by atoms with Gasteiger partial charge in [-0.25, -0.2) is 0 Å². The summed E-state index contributed by atoms with van der Waals surface area (Å²) in [6.45, 7) is 10.1. The summed E-state index contributed by atoms with van der Waals surface area (Å²) in [6, 6.07) is 10.4. The zero-order valence-electron chi connectivity index (χ0n) is 17.6. The van der Waals surface area contributed by atoms with Crippen LogP contribution in [-0.4, -0.2) is 40.2 Å². The molecule has 5 heteroatoms. The van der Waals surface area contributed by atoms with Crippen molar-refractivity contribution >= 4 is 11.6 Å². The molecule has 0 spiro atoms. The molecule has 0 saturated carbocycles. The molecule has 1 atom stereocenters. The number of carbonyl (C=O) groups is 1. The average molecular weight is 383 g/mol. The first-order valence-corrected chi connectivity index (χ1v) is 10.6. The van der Waals surface area contributed by atoms with Gasteiger partial charge < -0.3 is 10.2 Å². The predicted octanol–water partition coefficient (Wildman–Crippen LogP) is 4.19. The number of amides is 1. The minimum Gasteiger partial charge on any atom is -0.326 e. The van der Waals surface area contributed by atoms with Crippen molar-refractivity contribution in [2.45, 2.75) is 59.4 Å². The fourth-order valence-electron chi connectivity index (χ4n) is 3.87. The standard InChI is InChI=1S/C23H34N4O/c1-18(17-27-20(3)16-19(2)25-27)23(28)24-22-10-8-21(9-11-22)12-15-26-13-6-4-5-7-14-26/h8-11,16,18H,4-7,12-15,17H2,1-3H3,(H,24,28). The van der Waals surface area contributed by atoms with Crippen LogP contribution in [0.1, 0.15) is 49.6 Å². The third-order valence-electron chi connectivity index (χ3n) is 5.63. The Hall–Kier alpha value is -2.14. The maximum Gasteiger partial charge on any atom is 0.229 e. The number of benzene rings is 1. The van der Waals surface area contributed by atoms with Gasteiger partial charge in [0.2, 0.25) is 5.91 Å². The van der Waals surface area contributed by atoms with Crippen molar-refractivity contribution in [3.05, 3.63) is 47.3 Å². The predicted molar refractivity (Wildman–Crippen MR) is 115 cm³/mol. The molecule has 1 aliphatic rings. The molecule has 28 heavy (non-hydrogen) atoms. The van der Waals surface area contributed by atoms with Crippen molar-refractivity contribution in [1.29, 1.82) is 0 Å². The molecular weight excluding hydrogens is 348 g/mol. The largest absolute Gasteiger partial charge is 0.326 e. The quantitative estimate of drug-likeness (QED) is 0.781. The van der Waals surface area contributed by atoms with Gasteiger partial charge in [0.1, 0.15) is 0 Å². The number of aryl methyl sites for hydroxylation is 2. The van der Waals surface area contributed by atoms with Crippen molar-refractivity contribution < 1.29 is 4.79 Å². The molecule has 2 aromatic rings. The van der Waals surface area contributed by atoms with Crippen LogP contribution in [0.3, 0.4) is 0 Å². The third-order valence-corrected chi connectivity index (χ3v) is 5.63. The highest BCUT2D eigenvalue weighted by Gasteiger charge is 2.15. The van der Waals surface area contributed by atoms with E-state index in [1.54, 1.807) is 0 Å². The molecule has 0 radical (unpaired) electrons. The van der Waals surface area contributed by atoms with Gasteiger partial charge in [-0.3, -0.25) is 9.48 Å². The van der Waals surface area contributed by atoms with E-state index in [-0.39, 0.29) is 11.8 Å². The lowest BCUT2D eigenvalue weighted by atomic mass is 10.1. The molecule has 3 rings (SSSR count). The van der Waals surface area contributed by atoms with Crippen LogP contribution in [0.25, 0.3) is 0 Å². The topological polar surface area (TPSA) is 50.2 Å². The van der Waals surface area contributed by atoms with E-state index in [9.17, 15) is 4.79 Å². The van der Waals surface area contributed by atoms with E-state index in [2.05, 4.69) is 27.4 Å². The third kappa shape index (κ3) is 5.93. The summed E-state index contributed by atoms with van der Waals surface area (Å²) >= 11 is 0. The molecule has 1 saturated heterocycles. The van der Waals surface area contributed by atoms with E-state index < -0.39 is 0 Å². The molecular formula is C23H34N4O. The lowest BCUT2D eigenvalue weighted by Crippen LogP contribution is -2.27. The molecule has 1 aromatic heterocycles. The van der Waals surface area contributed by atoms with Crippen molar-refractivity contribution in [2.75, 3.05) is 25.0 Å². The molecule has 1 aliphatic heterocycles. The summed E-state index contributed by atoms with van der Waals surface area (Å²) < 4.78 is 1.91. The van der Waals surface area contributed by atoms with Gasteiger partial charge in [0, 0.05) is 17.9 Å². The second-order valence-electron chi connectivity index (χ2n) is 8.20. The normalized spacial score (nSPS) is 16.5. The van der Waals surface area contributed by atoms with Crippen LogP contribution in [0, 0.1) is 19.8 Å². The van der Waals surface area contributed by atoms with E-state index in [4.69, 9.17) is 0 Å². The highest BCUT2D eigenvalue weighted by Crippen LogP contribution is 2.15. The molecule has 152 valence electrons. The van der Waals surface area contributed by atoms with Gasteiger partial charge in [-0.2, -0.15) is 5.10 Å². The molecule has 1 aromatic carbocycles. The van der Waals surface area contributed by atoms with E-state index in [1.807, 2.05) is 43.7 Å². The minimum atomic E-state index is -0.138. The monoisotopic (exact) mass is 382 g/mol. The highest BCUT2D eigenvalue weighted by atomic mass is 16.1. The average Bonchev–Trinajstić information content (AvgIpc) is 2.87. The summed E-state index contributed by atoms with van der Waals surface area (Å²) in [6.07, 6.45) is 6.50. The van der Waals surface area contributed by atoms with Gasteiger partial charge in [0.05, 0.1) is 18.2 Å². The van der Waals surface area contributed by atoms with Crippen molar-refractivity contribution in [2.24, 2.45) is 5.92 Å². The lowest BCUT2D eigenvalue weighted by Gasteiger charge is -2.19. The summed E-state index contributed by atoms with van der Waals surface area (Å²) in [5, 5.41) is 7.49. The fraction of sp³-hybridized carbons (Fsp3) is 0.565. The fourth-order valence-corrected chi connectivity index (χ4v) is 3.87. The second-order valence-corrected chi connectivity index (χ2v) is 8.20. The highest BCUT2D eigenvalue weighted by molar-refractivity contribution is 5.92. The van der Waals surface area contributed by atoms with Crippen LogP contribution in [0.15, 0.2) is 30.3 Å². The zero-order chi connectivity index (χ0) is 19.9. The maximum atomic E-state index is 12.5. The molecule has 1 unspecified atom stereocenters. The Morgan fingerprint density at radius 2 is 1.79 bits per heavy atom. The zero-order valence-corrected chi connectivity index (χ0v) is 17.6. The first kappa shape index (κ1) is 20.6. The number of aromatic nitrogens is 2. The number of rotatable bonds is 7. The van der Waals surface area contributed by atoms with Crippen LogP contribution in [-0.2, 0) is 17.8 Å². The van der Waals surface area contributed by atoms with Gasteiger partial charge in [-0.1, -0.05) is 31.9 Å². The first-order valence-electron chi connectivity index (χ1n) is 10.6. The summed E-state index contributed by atoms with van der Waals surface area (Å²) in [5.41, 5.74) is 4.27. The number of hydrogen-bond donors (Lipinski definition) is 1. The second kappa shape index (κ2) is 9.87. The van der Waals surface area contributed by atoms with Gasteiger partial charge in [-0.15, -0.1) is 0 Å². The van der Waals surface area contributed by atoms with E-state index in [0.29, 0.717) is 6.54 Å². The van der Waals surface area contributed by atoms with Crippen molar-refractivity contribution in [1.82, 2.24) is 14.7 Å². The summed E-state index contributed by atoms with van der Waals surface area (Å²) in [5.74, 6) is -0.106. The van der Waals surface area contributed by atoms with Crippen LogP contribution in [0.2, 0.25) is 0 Å². The van der Waals surface area contributed by atoms with Gasteiger partial charge in [0.15, 0.2) is 0 Å². The number of likely N-dealkylation sites (tertiary alicyclic amines) is 1. The van der Waals surface area contributed by atoms with E-state index in [1.165, 1.54) is 44.3 Å². The number of carbonyl (C=O) groups excluding carboxylic acids is 1. The lowest BCUT2D eigenvalue weighted by molar-refractivity contribution is -0.119. The Morgan fingerprint density at radius 1 is 1.11 bits per heavy atom. The summed E-state index contributed by atoms with van der Waals surface area (Å²) in [7, 11) is 0. The Labute approximate surface area is 169 Å². The van der Waals surface area contributed by atoms with E-state index >= 15 is 0 Å². The minimum absolute atomic E-state index is 0.0323. The Morgan fingerprint density at radius 3 is 2.39 bits per heavy atom. The SMILES string of the molecule is Cc1cc(C)n(CC(C)C(=O)Nc2ccc(CCN3CCCCCC3)cc2)n1. The van der Waals surface area contributed by atoms with Gasteiger partial charge in [-0.05, 0) is 70.0 Å². The van der Waals surface area contributed by atoms with Crippen molar-refractivity contribution in [3.63, 3.8) is 0 Å². The Bertz CT molecular complexity index is 757. The number of hydrogen-bond acceptors (Lipinski definition) is 3. The van der Waals surface area contributed by atoms with Gasteiger partial charge in [0.25, 0.3) is 0 Å². The van der Waals surface area contributed by atoms with Crippen molar-refractivity contribution in [3.8, 4) is 0 Å². The number of nitrogens with zero attached hydrogens (tertiary/aromatic N) is 3. The number of anilines is 1. The smallest absolute Gasteiger partial charge is 0.229 e. The molecule has 0 aliphatic carbocycles. The van der Waals surface area contributed by atoms with Crippen LogP contribution >= 0.6 is 0 Å². The Balaban J connectivity index is 1.47. The van der Waals surface area contributed by atoms with Crippen LogP contribution in [0.4, 0.5) is 5.69 Å². The summed E-state index contributed by atoms with van der Waals surface area (Å²) in [4.78, 5) is 15.1. The number of nitrogens with one attached hydrogen (secondary N) is 1. The van der Waals surface area contributed by atoms with Crippen LogP contribution in [0.5, 0.6) is 0 Å². The molecule has 1 N–H and O–H groups in total. The molecule has 5 nitrogen and oxygen atoms in total. The first-order chi connectivity index (χ1) is 13.5. The maximum absolute atomic E-state index is 12.5. The molecule has 0 bridgehead atoms. The van der Waals surface area contributed by atoms with Gasteiger partial charge >= 0.3 is 0 Å². The molecule has 1 fully saturated rings. The Kier molecular flexibility index (Phi) is 7.26.